The molecule has 2 aromatic rings. The second-order valence-corrected chi connectivity index (χ2v) is 11.3. The standard InChI is InChI=1S/C28H34F3N5O2/c1-26(2,3)19-6-8-22(9-7-19)36(25(38)35-27(4,5)17-32)23(18-14-20(29)16-33-15-18)24(37)34-21-10-12-28(30,31)13-11-21/h6-9,14-16,21,23H,10-13H2,1-5H3,(H,34,37)(H,35,38). The van der Waals surface area contributed by atoms with Crippen molar-refractivity contribution in [3.63, 3.8) is 0 Å². The molecular formula is C28H34F3N5O2. The average Bonchev–Trinajstić information content (AvgIpc) is 2.83. The molecule has 1 heterocycles. The van der Waals surface area contributed by atoms with Gasteiger partial charge in [-0.3, -0.25) is 14.7 Å². The zero-order chi connectivity index (χ0) is 28.3. The molecule has 0 aliphatic heterocycles. The van der Waals surface area contributed by atoms with E-state index in [0.717, 1.165) is 22.7 Å². The number of nitrogens with one attached hydrogen (secondary N) is 2. The molecule has 1 atom stereocenters. The SMILES string of the molecule is CC(C)(C#N)NC(=O)N(c1ccc(C(C)(C)C)cc1)C(C(=O)NC1CCC(F)(F)CC1)c1cncc(F)c1. The van der Waals surface area contributed by atoms with Crippen molar-refractivity contribution in [1.82, 2.24) is 15.6 Å². The molecule has 0 saturated heterocycles. The summed E-state index contributed by atoms with van der Waals surface area (Å²) in [4.78, 5) is 32.4. The van der Waals surface area contributed by atoms with E-state index in [2.05, 4.69) is 15.6 Å². The topological polar surface area (TPSA) is 98.1 Å². The second kappa shape index (κ2) is 11.0. The van der Waals surface area contributed by atoms with E-state index in [0.29, 0.717) is 5.69 Å². The van der Waals surface area contributed by atoms with Gasteiger partial charge in [0, 0.05) is 36.3 Å². The van der Waals surface area contributed by atoms with Crippen molar-refractivity contribution in [1.29, 1.82) is 5.26 Å². The maximum absolute atomic E-state index is 14.3. The summed E-state index contributed by atoms with van der Waals surface area (Å²) >= 11 is 0. The van der Waals surface area contributed by atoms with Crippen LogP contribution in [0.1, 0.15) is 77.5 Å². The Hall–Kier alpha value is -3.61. The minimum atomic E-state index is -2.78. The number of nitriles is 1. The van der Waals surface area contributed by atoms with Crippen LogP contribution < -0.4 is 15.5 Å². The predicted octanol–water partition coefficient (Wildman–Crippen LogP) is 5.77. The molecule has 1 aliphatic carbocycles. The monoisotopic (exact) mass is 529 g/mol. The number of nitrogens with zero attached hydrogens (tertiary/aromatic N) is 3. The summed E-state index contributed by atoms with van der Waals surface area (Å²) in [5.41, 5.74) is -0.0646. The number of rotatable bonds is 6. The summed E-state index contributed by atoms with van der Waals surface area (Å²) in [5.74, 6) is -4.16. The van der Waals surface area contributed by atoms with E-state index in [-0.39, 0.29) is 36.7 Å². The number of benzene rings is 1. The molecule has 1 saturated carbocycles. The van der Waals surface area contributed by atoms with Crippen LogP contribution in [0, 0.1) is 17.1 Å². The summed E-state index contributed by atoms with van der Waals surface area (Å²) in [6, 6.07) is 7.41. The van der Waals surface area contributed by atoms with Gasteiger partial charge >= 0.3 is 6.03 Å². The Balaban J connectivity index is 2.08. The number of carbonyl (C=O) groups is 2. The average molecular weight is 530 g/mol. The van der Waals surface area contributed by atoms with Crippen molar-refractivity contribution >= 4 is 17.6 Å². The minimum absolute atomic E-state index is 0.0702. The van der Waals surface area contributed by atoms with Crippen LogP contribution in [0.4, 0.5) is 23.7 Å². The first kappa shape index (κ1) is 29.0. The highest BCUT2D eigenvalue weighted by atomic mass is 19.3. The minimum Gasteiger partial charge on any atom is -0.351 e. The lowest BCUT2D eigenvalue weighted by molar-refractivity contribution is -0.124. The fraction of sp³-hybridized carbons (Fsp3) is 0.500. The first-order chi connectivity index (χ1) is 17.6. The van der Waals surface area contributed by atoms with Gasteiger partial charge in [0.05, 0.1) is 12.3 Å². The molecule has 0 bridgehead atoms. The fourth-order valence-corrected chi connectivity index (χ4v) is 4.32. The van der Waals surface area contributed by atoms with Gasteiger partial charge < -0.3 is 10.6 Å². The summed E-state index contributed by atoms with van der Waals surface area (Å²) in [6.45, 7) is 9.11. The number of aromatic nitrogens is 1. The molecule has 7 nitrogen and oxygen atoms in total. The van der Waals surface area contributed by atoms with E-state index in [1.54, 1.807) is 12.1 Å². The van der Waals surface area contributed by atoms with Crippen LogP contribution in [0.3, 0.4) is 0 Å². The van der Waals surface area contributed by atoms with E-state index < -0.39 is 41.3 Å². The molecule has 1 aliphatic rings. The van der Waals surface area contributed by atoms with Crippen LogP contribution >= 0.6 is 0 Å². The largest absolute Gasteiger partial charge is 0.351 e. The maximum Gasteiger partial charge on any atom is 0.324 e. The van der Waals surface area contributed by atoms with Crippen LogP contribution in [0.15, 0.2) is 42.7 Å². The number of amides is 3. The molecule has 0 radical (unpaired) electrons. The van der Waals surface area contributed by atoms with Crippen molar-refractivity contribution < 1.29 is 22.8 Å². The number of carbonyl (C=O) groups excluding carboxylic acids is 2. The van der Waals surface area contributed by atoms with Gasteiger partial charge in [-0.1, -0.05) is 32.9 Å². The van der Waals surface area contributed by atoms with Crippen LogP contribution in [0.25, 0.3) is 0 Å². The van der Waals surface area contributed by atoms with E-state index in [1.165, 1.54) is 20.0 Å². The molecule has 3 amide bonds. The lowest BCUT2D eigenvalue weighted by Crippen LogP contribution is -2.54. The summed E-state index contributed by atoms with van der Waals surface area (Å²) in [7, 11) is 0. The highest BCUT2D eigenvalue weighted by Crippen LogP contribution is 2.35. The smallest absolute Gasteiger partial charge is 0.324 e. The lowest BCUT2D eigenvalue weighted by atomic mass is 9.87. The highest BCUT2D eigenvalue weighted by molar-refractivity contribution is 6.01. The number of pyridine rings is 1. The Bertz CT molecular complexity index is 1190. The van der Waals surface area contributed by atoms with Gasteiger partial charge in [0.15, 0.2) is 0 Å². The number of hydrogen-bond donors (Lipinski definition) is 2. The first-order valence-corrected chi connectivity index (χ1v) is 12.5. The zero-order valence-electron chi connectivity index (χ0n) is 22.3. The first-order valence-electron chi connectivity index (χ1n) is 12.5. The third kappa shape index (κ3) is 7.24. The highest BCUT2D eigenvalue weighted by Gasteiger charge is 2.39. The predicted molar refractivity (Wildman–Crippen MR) is 138 cm³/mol. The summed E-state index contributed by atoms with van der Waals surface area (Å²) < 4.78 is 41.7. The molecule has 1 fully saturated rings. The normalized spacial score (nSPS) is 16.7. The van der Waals surface area contributed by atoms with Gasteiger partial charge in [-0.05, 0) is 55.9 Å². The zero-order valence-corrected chi connectivity index (χ0v) is 22.3. The van der Waals surface area contributed by atoms with Crippen molar-refractivity contribution in [2.24, 2.45) is 0 Å². The van der Waals surface area contributed by atoms with Crippen LogP contribution in [0.5, 0.6) is 0 Å². The third-order valence-electron chi connectivity index (χ3n) is 6.54. The van der Waals surface area contributed by atoms with Gasteiger partial charge in [0.2, 0.25) is 11.8 Å². The molecule has 1 unspecified atom stereocenters. The Morgan fingerprint density at radius 2 is 1.71 bits per heavy atom. The van der Waals surface area contributed by atoms with Crippen LogP contribution in [-0.4, -0.2) is 34.4 Å². The quantitative estimate of drug-likeness (QED) is 0.496. The second-order valence-electron chi connectivity index (χ2n) is 11.3. The molecular weight excluding hydrogens is 495 g/mol. The van der Waals surface area contributed by atoms with Gasteiger partial charge in [0.25, 0.3) is 0 Å². The maximum atomic E-state index is 14.3. The third-order valence-corrected chi connectivity index (χ3v) is 6.54. The molecule has 204 valence electrons. The Morgan fingerprint density at radius 3 is 2.24 bits per heavy atom. The fourth-order valence-electron chi connectivity index (χ4n) is 4.32. The van der Waals surface area contributed by atoms with Gasteiger partial charge in [0.1, 0.15) is 17.4 Å². The van der Waals surface area contributed by atoms with Crippen molar-refractivity contribution in [2.45, 2.75) is 89.3 Å². The van der Waals surface area contributed by atoms with Crippen LogP contribution in [0.2, 0.25) is 0 Å². The van der Waals surface area contributed by atoms with Crippen molar-refractivity contribution in [3.05, 3.63) is 59.7 Å². The van der Waals surface area contributed by atoms with E-state index in [1.807, 2.05) is 39.0 Å². The number of anilines is 1. The molecule has 3 rings (SSSR count). The van der Waals surface area contributed by atoms with Gasteiger partial charge in [-0.2, -0.15) is 5.26 Å². The summed E-state index contributed by atoms with van der Waals surface area (Å²) in [6.07, 6.45) is 1.67. The number of hydrogen-bond acceptors (Lipinski definition) is 4. The molecule has 2 N–H and O–H groups in total. The van der Waals surface area contributed by atoms with Crippen molar-refractivity contribution in [2.75, 3.05) is 4.90 Å². The van der Waals surface area contributed by atoms with Crippen LogP contribution in [-0.2, 0) is 10.2 Å². The summed E-state index contributed by atoms with van der Waals surface area (Å²) in [5, 5.41) is 14.9. The molecule has 38 heavy (non-hydrogen) atoms. The molecule has 10 heteroatoms. The van der Waals surface area contributed by atoms with Gasteiger partial charge in [-0.25, -0.2) is 18.0 Å². The molecule has 0 spiro atoms. The molecule has 1 aromatic carbocycles. The van der Waals surface area contributed by atoms with Crippen molar-refractivity contribution in [3.8, 4) is 6.07 Å². The lowest BCUT2D eigenvalue weighted by Gasteiger charge is -2.35. The van der Waals surface area contributed by atoms with Gasteiger partial charge in [-0.15, -0.1) is 0 Å². The number of urea groups is 1. The Labute approximate surface area is 221 Å². The number of alkyl halides is 2. The van der Waals surface area contributed by atoms with E-state index in [4.69, 9.17) is 0 Å². The molecule has 1 aromatic heterocycles. The van der Waals surface area contributed by atoms with E-state index in [9.17, 15) is 28.0 Å². The Kier molecular flexibility index (Phi) is 8.39. The number of halogens is 3. The Morgan fingerprint density at radius 1 is 1.11 bits per heavy atom. The van der Waals surface area contributed by atoms with E-state index >= 15 is 0 Å².